The molecule has 0 saturated heterocycles. The first-order chi connectivity index (χ1) is 8.75. The fraction of sp³-hybridized carbons (Fsp3) is 0. The number of ketones is 1. The van der Waals surface area contributed by atoms with Crippen molar-refractivity contribution in [2.45, 2.75) is 0 Å². The first-order valence-corrected chi connectivity index (χ1v) is 5.53. The van der Waals surface area contributed by atoms with Crippen LogP contribution in [0.5, 0.6) is 0 Å². The van der Waals surface area contributed by atoms with E-state index in [2.05, 4.69) is 0 Å². The highest BCUT2D eigenvalue weighted by molar-refractivity contribution is 6.09. The summed E-state index contributed by atoms with van der Waals surface area (Å²) in [6, 6.07) is 14.8. The van der Waals surface area contributed by atoms with Gasteiger partial charge in [-0.1, -0.05) is 30.3 Å². The van der Waals surface area contributed by atoms with Crippen LogP contribution in [0, 0.1) is 5.82 Å². The summed E-state index contributed by atoms with van der Waals surface area (Å²) in [5.41, 5.74) is 0.647. The maximum Gasteiger partial charge on any atom is 0.231 e. The standard InChI is InChI=1S/C15H9FO2/c16-12-7-3-2-6-11(12)15(17)14-9-10-5-1-4-8-13(10)18-14/h1-9H. The van der Waals surface area contributed by atoms with E-state index in [9.17, 15) is 9.18 Å². The number of hydrogen-bond donors (Lipinski definition) is 0. The molecule has 0 unspecified atom stereocenters. The molecule has 1 aromatic heterocycles. The smallest absolute Gasteiger partial charge is 0.231 e. The molecule has 0 radical (unpaired) electrons. The van der Waals surface area contributed by atoms with Crippen LogP contribution in [-0.4, -0.2) is 5.78 Å². The largest absolute Gasteiger partial charge is 0.453 e. The molecule has 3 rings (SSSR count). The van der Waals surface area contributed by atoms with Crippen molar-refractivity contribution in [3.63, 3.8) is 0 Å². The Kier molecular flexibility index (Phi) is 2.45. The second kappa shape index (κ2) is 4.11. The van der Waals surface area contributed by atoms with Crippen LogP contribution in [0.4, 0.5) is 4.39 Å². The molecule has 3 aromatic rings. The quantitative estimate of drug-likeness (QED) is 0.638. The van der Waals surface area contributed by atoms with Crippen molar-refractivity contribution in [2.75, 3.05) is 0 Å². The third-order valence-electron chi connectivity index (χ3n) is 2.77. The molecule has 3 heteroatoms. The Labute approximate surface area is 103 Å². The maximum atomic E-state index is 13.5. The molecule has 0 N–H and O–H groups in total. The molecule has 2 aromatic carbocycles. The molecule has 0 saturated carbocycles. The normalized spacial score (nSPS) is 10.7. The van der Waals surface area contributed by atoms with Crippen molar-refractivity contribution in [1.29, 1.82) is 0 Å². The van der Waals surface area contributed by atoms with Crippen LogP contribution in [0.2, 0.25) is 0 Å². The molecule has 0 fully saturated rings. The number of para-hydroxylation sites is 1. The summed E-state index contributed by atoms with van der Waals surface area (Å²) in [6.07, 6.45) is 0. The van der Waals surface area contributed by atoms with Gasteiger partial charge in [0.25, 0.3) is 0 Å². The lowest BCUT2D eigenvalue weighted by atomic mass is 10.1. The van der Waals surface area contributed by atoms with Crippen molar-refractivity contribution in [1.82, 2.24) is 0 Å². The Balaban J connectivity index is 2.10. The lowest BCUT2D eigenvalue weighted by Crippen LogP contribution is -2.02. The maximum absolute atomic E-state index is 13.5. The molecule has 18 heavy (non-hydrogen) atoms. The van der Waals surface area contributed by atoms with Crippen LogP contribution in [-0.2, 0) is 0 Å². The monoisotopic (exact) mass is 240 g/mol. The third-order valence-corrected chi connectivity index (χ3v) is 2.77. The van der Waals surface area contributed by atoms with E-state index in [1.165, 1.54) is 12.1 Å². The Morgan fingerprint density at radius 2 is 1.72 bits per heavy atom. The molecule has 0 atom stereocenters. The Hall–Kier alpha value is -2.42. The summed E-state index contributed by atoms with van der Waals surface area (Å²) in [5.74, 6) is -0.825. The van der Waals surface area contributed by atoms with Gasteiger partial charge in [0.15, 0.2) is 5.76 Å². The molecule has 0 bridgehead atoms. The highest BCUT2D eigenvalue weighted by Crippen LogP contribution is 2.22. The summed E-state index contributed by atoms with van der Waals surface area (Å²) < 4.78 is 18.9. The van der Waals surface area contributed by atoms with E-state index in [1.54, 1.807) is 24.3 Å². The van der Waals surface area contributed by atoms with Gasteiger partial charge in [0.2, 0.25) is 5.78 Å². The van der Waals surface area contributed by atoms with Crippen LogP contribution in [0.3, 0.4) is 0 Å². The summed E-state index contributed by atoms with van der Waals surface area (Å²) in [5, 5.41) is 0.831. The first-order valence-electron chi connectivity index (χ1n) is 5.53. The fourth-order valence-corrected chi connectivity index (χ4v) is 1.87. The lowest BCUT2D eigenvalue weighted by molar-refractivity contribution is 0.101. The molecule has 0 spiro atoms. The average molecular weight is 240 g/mol. The fourth-order valence-electron chi connectivity index (χ4n) is 1.87. The molecule has 0 amide bonds. The van der Waals surface area contributed by atoms with Gasteiger partial charge >= 0.3 is 0 Å². The zero-order chi connectivity index (χ0) is 12.5. The molecule has 0 aliphatic heterocycles. The van der Waals surface area contributed by atoms with E-state index in [0.717, 1.165) is 5.39 Å². The van der Waals surface area contributed by atoms with E-state index in [4.69, 9.17) is 4.42 Å². The zero-order valence-corrected chi connectivity index (χ0v) is 9.39. The van der Waals surface area contributed by atoms with Gasteiger partial charge < -0.3 is 4.42 Å². The molecule has 2 nitrogen and oxygen atoms in total. The molecule has 0 aliphatic rings. The summed E-state index contributed by atoms with van der Waals surface area (Å²) in [4.78, 5) is 12.1. The number of benzene rings is 2. The van der Waals surface area contributed by atoms with Gasteiger partial charge in [0.05, 0.1) is 5.56 Å². The highest BCUT2D eigenvalue weighted by Gasteiger charge is 2.17. The number of carbonyl (C=O) groups excluding carboxylic acids is 1. The second-order valence-electron chi connectivity index (χ2n) is 3.96. The number of furan rings is 1. The summed E-state index contributed by atoms with van der Waals surface area (Å²) in [6.45, 7) is 0. The van der Waals surface area contributed by atoms with E-state index in [0.29, 0.717) is 5.58 Å². The molecule has 88 valence electrons. The topological polar surface area (TPSA) is 30.2 Å². The van der Waals surface area contributed by atoms with Gasteiger partial charge in [-0.05, 0) is 24.3 Å². The van der Waals surface area contributed by atoms with Crippen LogP contribution in [0.15, 0.2) is 59.0 Å². The molecular weight excluding hydrogens is 231 g/mol. The van der Waals surface area contributed by atoms with Gasteiger partial charge in [-0.3, -0.25) is 4.79 Å². The van der Waals surface area contributed by atoms with Crippen molar-refractivity contribution in [3.8, 4) is 0 Å². The van der Waals surface area contributed by atoms with Crippen molar-refractivity contribution in [2.24, 2.45) is 0 Å². The predicted molar refractivity (Wildman–Crippen MR) is 66.0 cm³/mol. The minimum absolute atomic E-state index is 0.0246. The lowest BCUT2D eigenvalue weighted by Gasteiger charge is -1.98. The number of rotatable bonds is 2. The van der Waals surface area contributed by atoms with Gasteiger partial charge in [-0.15, -0.1) is 0 Å². The average Bonchev–Trinajstić information content (AvgIpc) is 2.82. The highest BCUT2D eigenvalue weighted by atomic mass is 19.1. The minimum Gasteiger partial charge on any atom is -0.453 e. The van der Waals surface area contributed by atoms with E-state index >= 15 is 0 Å². The van der Waals surface area contributed by atoms with E-state index in [-0.39, 0.29) is 11.3 Å². The second-order valence-corrected chi connectivity index (χ2v) is 3.96. The third kappa shape index (κ3) is 1.70. The Bertz CT molecular complexity index is 695. The summed E-state index contributed by atoms with van der Waals surface area (Å²) in [7, 11) is 0. The Morgan fingerprint density at radius 3 is 2.50 bits per heavy atom. The SMILES string of the molecule is O=C(c1cc2ccccc2o1)c1ccccc1F. The number of fused-ring (bicyclic) bond motifs is 1. The zero-order valence-electron chi connectivity index (χ0n) is 9.39. The van der Waals surface area contributed by atoms with Crippen LogP contribution < -0.4 is 0 Å². The van der Waals surface area contributed by atoms with Crippen LogP contribution >= 0.6 is 0 Å². The van der Waals surface area contributed by atoms with E-state index in [1.807, 2.05) is 18.2 Å². The molecular formula is C15H9FO2. The molecule has 1 heterocycles. The Morgan fingerprint density at radius 1 is 1.00 bits per heavy atom. The number of hydrogen-bond acceptors (Lipinski definition) is 2. The van der Waals surface area contributed by atoms with Gasteiger partial charge in [-0.2, -0.15) is 0 Å². The van der Waals surface area contributed by atoms with Crippen molar-refractivity contribution >= 4 is 16.8 Å². The van der Waals surface area contributed by atoms with Gasteiger partial charge in [-0.25, -0.2) is 4.39 Å². The van der Waals surface area contributed by atoms with Gasteiger partial charge in [0.1, 0.15) is 11.4 Å². The molecule has 0 aliphatic carbocycles. The van der Waals surface area contributed by atoms with Crippen molar-refractivity contribution < 1.29 is 13.6 Å². The summed E-state index contributed by atoms with van der Waals surface area (Å²) >= 11 is 0. The van der Waals surface area contributed by atoms with Crippen LogP contribution in [0.1, 0.15) is 16.1 Å². The van der Waals surface area contributed by atoms with Crippen molar-refractivity contribution in [3.05, 3.63) is 71.7 Å². The minimum atomic E-state index is -0.539. The number of carbonyl (C=O) groups is 1. The number of halogens is 1. The van der Waals surface area contributed by atoms with Gasteiger partial charge in [0, 0.05) is 5.39 Å². The van der Waals surface area contributed by atoms with E-state index < -0.39 is 11.6 Å². The first kappa shape index (κ1) is 10.7. The van der Waals surface area contributed by atoms with Crippen LogP contribution in [0.25, 0.3) is 11.0 Å². The predicted octanol–water partition coefficient (Wildman–Crippen LogP) is 3.80.